The Hall–Kier alpha value is -3.59. The third-order valence-corrected chi connectivity index (χ3v) is 4.78. The highest BCUT2D eigenvalue weighted by molar-refractivity contribution is 5.56. The minimum absolute atomic E-state index is 0.165. The van der Waals surface area contributed by atoms with Gasteiger partial charge in [-0.25, -0.2) is 4.68 Å². The zero-order valence-corrected chi connectivity index (χ0v) is 14.8. The first-order valence-corrected chi connectivity index (χ1v) is 8.94. The molecule has 4 aromatic heterocycles. The van der Waals surface area contributed by atoms with Gasteiger partial charge < -0.3 is 10.1 Å². The monoisotopic (exact) mass is 375 g/mol. The first-order chi connectivity index (χ1) is 13.8. The summed E-state index contributed by atoms with van der Waals surface area (Å²) >= 11 is 0. The standard InChI is InChI=1S/C19H17N7O2/c27-18-7-6-14(13-4-3-8-20-10-13)24-26(18)16-12-28-11-15(16)21-19-23-22-17-5-1-2-9-25(17)19/h1-10,15-16H,11-12H2,(H,21,23). The molecular weight excluding hydrogens is 358 g/mol. The van der Waals surface area contributed by atoms with E-state index in [9.17, 15) is 4.79 Å². The molecule has 0 amide bonds. The molecule has 5 rings (SSSR count). The SMILES string of the molecule is O=c1ccc(-c2cccnc2)nn1C1COCC1Nc1nnc2ccccn12. The summed E-state index contributed by atoms with van der Waals surface area (Å²) in [4.78, 5) is 16.6. The number of hydrogen-bond donors (Lipinski definition) is 1. The van der Waals surface area contributed by atoms with Crippen molar-refractivity contribution in [2.75, 3.05) is 18.5 Å². The lowest BCUT2D eigenvalue weighted by Gasteiger charge is -2.20. The second-order valence-electron chi connectivity index (χ2n) is 6.55. The van der Waals surface area contributed by atoms with E-state index in [1.165, 1.54) is 10.7 Å². The van der Waals surface area contributed by atoms with Crippen LogP contribution >= 0.6 is 0 Å². The Bertz CT molecular complexity index is 1170. The quantitative estimate of drug-likeness (QED) is 0.575. The van der Waals surface area contributed by atoms with Crippen molar-refractivity contribution in [3.8, 4) is 11.3 Å². The van der Waals surface area contributed by atoms with E-state index in [0.29, 0.717) is 24.9 Å². The van der Waals surface area contributed by atoms with E-state index in [-0.39, 0.29) is 17.6 Å². The number of hydrogen-bond acceptors (Lipinski definition) is 7. The Morgan fingerprint density at radius 2 is 2.04 bits per heavy atom. The predicted octanol–water partition coefficient (Wildman–Crippen LogP) is 1.40. The zero-order chi connectivity index (χ0) is 18.9. The molecule has 1 aliphatic rings. The molecule has 9 heteroatoms. The lowest BCUT2D eigenvalue weighted by molar-refractivity contribution is 0.183. The number of pyridine rings is 2. The smallest absolute Gasteiger partial charge is 0.267 e. The molecule has 4 aromatic rings. The van der Waals surface area contributed by atoms with Crippen molar-refractivity contribution in [2.24, 2.45) is 0 Å². The lowest BCUT2D eigenvalue weighted by Crippen LogP contribution is -2.37. The third kappa shape index (κ3) is 2.91. The van der Waals surface area contributed by atoms with Crippen molar-refractivity contribution in [3.63, 3.8) is 0 Å². The number of anilines is 1. The van der Waals surface area contributed by atoms with Gasteiger partial charge in [0, 0.05) is 30.2 Å². The van der Waals surface area contributed by atoms with Crippen LogP contribution in [0.3, 0.4) is 0 Å². The van der Waals surface area contributed by atoms with Gasteiger partial charge in [-0.1, -0.05) is 6.07 Å². The van der Waals surface area contributed by atoms with Gasteiger partial charge in [0.1, 0.15) is 6.04 Å². The molecule has 0 aliphatic carbocycles. The number of nitrogens with zero attached hydrogens (tertiary/aromatic N) is 6. The Balaban J connectivity index is 1.48. The Labute approximate surface area is 159 Å². The number of rotatable bonds is 4. The van der Waals surface area contributed by atoms with Gasteiger partial charge in [0.25, 0.3) is 5.56 Å². The lowest BCUT2D eigenvalue weighted by atomic mass is 10.1. The Morgan fingerprint density at radius 1 is 1.07 bits per heavy atom. The number of ether oxygens (including phenoxy) is 1. The molecule has 2 atom stereocenters. The summed E-state index contributed by atoms with van der Waals surface area (Å²) in [6.07, 6.45) is 5.31. The molecule has 0 bridgehead atoms. The maximum Gasteiger partial charge on any atom is 0.267 e. The fourth-order valence-electron chi connectivity index (χ4n) is 3.36. The molecule has 1 saturated heterocycles. The van der Waals surface area contributed by atoms with Crippen LogP contribution in [0.4, 0.5) is 5.95 Å². The van der Waals surface area contributed by atoms with Gasteiger partial charge in [0.15, 0.2) is 5.65 Å². The second kappa shape index (κ2) is 6.86. The van der Waals surface area contributed by atoms with E-state index < -0.39 is 0 Å². The van der Waals surface area contributed by atoms with Crippen molar-refractivity contribution in [1.29, 1.82) is 0 Å². The maximum atomic E-state index is 12.5. The van der Waals surface area contributed by atoms with Crippen LogP contribution in [0.2, 0.25) is 0 Å². The topological polar surface area (TPSA) is 99.2 Å². The van der Waals surface area contributed by atoms with Crippen LogP contribution in [-0.2, 0) is 4.74 Å². The summed E-state index contributed by atoms with van der Waals surface area (Å²) in [5, 5.41) is 16.3. The molecule has 5 heterocycles. The van der Waals surface area contributed by atoms with Crippen molar-refractivity contribution in [2.45, 2.75) is 12.1 Å². The molecule has 1 aliphatic heterocycles. The van der Waals surface area contributed by atoms with Gasteiger partial charge in [0.05, 0.1) is 24.9 Å². The largest absolute Gasteiger partial charge is 0.377 e. The highest BCUT2D eigenvalue weighted by atomic mass is 16.5. The molecule has 28 heavy (non-hydrogen) atoms. The van der Waals surface area contributed by atoms with Crippen LogP contribution in [0.25, 0.3) is 16.9 Å². The average Bonchev–Trinajstić information content (AvgIpc) is 3.37. The fourth-order valence-corrected chi connectivity index (χ4v) is 3.36. The molecule has 140 valence electrons. The van der Waals surface area contributed by atoms with Crippen LogP contribution in [0.5, 0.6) is 0 Å². The summed E-state index contributed by atoms with van der Waals surface area (Å²) in [6.45, 7) is 0.829. The molecular formula is C19H17N7O2. The Morgan fingerprint density at radius 3 is 2.93 bits per heavy atom. The highest BCUT2D eigenvalue weighted by Crippen LogP contribution is 2.22. The van der Waals surface area contributed by atoms with Crippen LogP contribution in [-0.4, -0.2) is 48.6 Å². The van der Waals surface area contributed by atoms with Gasteiger partial charge in [0.2, 0.25) is 5.95 Å². The fraction of sp³-hybridized carbons (Fsp3) is 0.211. The van der Waals surface area contributed by atoms with Crippen molar-refractivity contribution < 1.29 is 4.74 Å². The van der Waals surface area contributed by atoms with Gasteiger partial charge in [-0.3, -0.25) is 14.2 Å². The van der Waals surface area contributed by atoms with E-state index >= 15 is 0 Å². The van der Waals surface area contributed by atoms with E-state index in [2.05, 4.69) is 25.6 Å². The second-order valence-corrected chi connectivity index (χ2v) is 6.55. The third-order valence-electron chi connectivity index (χ3n) is 4.78. The molecule has 2 unspecified atom stereocenters. The van der Waals surface area contributed by atoms with Crippen molar-refractivity contribution >= 4 is 11.6 Å². The zero-order valence-electron chi connectivity index (χ0n) is 14.8. The molecule has 1 fully saturated rings. The van der Waals surface area contributed by atoms with Crippen molar-refractivity contribution in [3.05, 3.63) is 71.4 Å². The van der Waals surface area contributed by atoms with E-state index in [4.69, 9.17) is 4.74 Å². The molecule has 0 radical (unpaired) electrons. The normalized spacial score (nSPS) is 19.1. The van der Waals surface area contributed by atoms with Crippen LogP contribution < -0.4 is 10.9 Å². The summed E-state index contributed by atoms with van der Waals surface area (Å²) < 4.78 is 8.99. The van der Waals surface area contributed by atoms with Gasteiger partial charge >= 0.3 is 0 Å². The van der Waals surface area contributed by atoms with Crippen LogP contribution in [0.1, 0.15) is 6.04 Å². The molecule has 9 nitrogen and oxygen atoms in total. The number of fused-ring (bicyclic) bond motifs is 1. The first-order valence-electron chi connectivity index (χ1n) is 8.94. The van der Waals surface area contributed by atoms with E-state index in [1.54, 1.807) is 18.5 Å². The van der Waals surface area contributed by atoms with Gasteiger partial charge in [-0.2, -0.15) is 5.10 Å². The summed E-state index contributed by atoms with van der Waals surface area (Å²) in [5.41, 5.74) is 2.10. The van der Waals surface area contributed by atoms with Crippen LogP contribution in [0, 0.1) is 0 Å². The highest BCUT2D eigenvalue weighted by Gasteiger charge is 2.32. The summed E-state index contributed by atoms with van der Waals surface area (Å²) in [6, 6.07) is 12.2. The first kappa shape index (κ1) is 16.6. The summed E-state index contributed by atoms with van der Waals surface area (Å²) in [5.74, 6) is 0.604. The Kier molecular flexibility index (Phi) is 4.06. The summed E-state index contributed by atoms with van der Waals surface area (Å²) in [7, 11) is 0. The van der Waals surface area contributed by atoms with Crippen molar-refractivity contribution in [1.82, 2.24) is 29.4 Å². The van der Waals surface area contributed by atoms with E-state index in [0.717, 1.165) is 11.2 Å². The molecule has 0 saturated carbocycles. The van der Waals surface area contributed by atoms with Gasteiger partial charge in [-0.05, 0) is 30.3 Å². The van der Waals surface area contributed by atoms with Crippen LogP contribution in [0.15, 0.2) is 65.8 Å². The average molecular weight is 375 g/mol. The number of nitrogens with one attached hydrogen (secondary N) is 1. The molecule has 0 aromatic carbocycles. The molecule has 0 spiro atoms. The number of aromatic nitrogens is 6. The molecule has 1 N–H and O–H groups in total. The minimum atomic E-state index is -0.264. The van der Waals surface area contributed by atoms with E-state index in [1.807, 2.05) is 40.9 Å². The van der Waals surface area contributed by atoms with Gasteiger partial charge in [-0.15, -0.1) is 10.2 Å². The minimum Gasteiger partial charge on any atom is -0.377 e. The predicted molar refractivity (Wildman–Crippen MR) is 102 cm³/mol. The maximum absolute atomic E-state index is 12.5.